The second kappa shape index (κ2) is 11.9. The number of carbonyl (C=O) groups excluding carboxylic acids is 3. The van der Waals surface area contributed by atoms with Crippen LogP contribution in [0.15, 0.2) is 66.7 Å². The van der Waals surface area contributed by atoms with Gasteiger partial charge in [0.1, 0.15) is 29.0 Å². The van der Waals surface area contributed by atoms with Crippen molar-refractivity contribution in [3.8, 4) is 5.75 Å². The molecule has 0 aromatic heterocycles. The van der Waals surface area contributed by atoms with Crippen LogP contribution in [-0.4, -0.2) is 48.3 Å². The zero-order valence-electron chi connectivity index (χ0n) is 23.6. The van der Waals surface area contributed by atoms with Crippen LogP contribution < -0.4 is 25.2 Å². The van der Waals surface area contributed by atoms with Crippen molar-refractivity contribution in [2.75, 3.05) is 16.3 Å². The highest BCUT2D eigenvalue weighted by Gasteiger charge is 2.40. The van der Waals surface area contributed by atoms with E-state index >= 15 is 0 Å². The summed E-state index contributed by atoms with van der Waals surface area (Å²) in [4.78, 5) is 43.0. The molecule has 0 spiro atoms. The van der Waals surface area contributed by atoms with Crippen LogP contribution in [0.4, 0.5) is 39.0 Å². The molecule has 3 aromatic carbocycles. The first-order valence-electron chi connectivity index (χ1n) is 13.2. The van der Waals surface area contributed by atoms with Crippen LogP contribution in [0, 0.1) is 11.6 Å². The normalized spacial score (nSPS) is 15.6. The summed E-state index contributed by atoms with van der Waals surface area (Å²) in [6, 6.07) is 11.7. The van der Waals surface area contributed by atoms with Gasteiger partial charge in [0.25, 0.3) is 11.8 Å². The first-order valence-corrected chi connectivity index (χ1v) is 13.2. The number of amides is 3. The smallest absolute Gasteiger partial charge is 0.406 e. The van der Waals surface area contributed by atoms with Gasteiger partial charge in [-0.1, -0.05) is 0 Å². The van der Waals surface area contributed by atoms with E-state index in [4.69, 9.17) is 0 Å². The fourth-order valence-electron chi connectivity index (χ4n) is 4.63. The van der Waals surface area contributed by atoms with Gasteiger partial charge in [0.05, 0.1) is 17.9 Å². The van der Waals surface area contributed by atoms with E-state index in [1.165, 1.54) is 61.2 Å². The molecule has 0 unspecified atom stereocenters. The largest absolute Gasteiger partial charge is 0.573 e. The van der Waals surface area contributed by atoms with E-state index in [1.807, 2.05) is 0 Å². The van der Waals surface area contributed by atoms with Crippen molar-refractivity contribution in [2.24, 2.45) is 0 Å². The Kier molecular flexibility index (Phi) is 8.65. The Morgan fingerprint density at radius 3 is 2.09 bits per heavy atom. The molecule has 1 aliphatic rings. The van der Waals surface area contributed by atoms with Crippen molar-refractivity contribution in [1.82, 2.24) is 10.6 Å². The first kappa shape index (κ1) is 31.3. The van der Waals surface area contributed by atoms with Crippen LogP contribution in [0.3, 0.4) is 0 Å². The Morgan fingerprint density at radius 2 is 1.51 bits per heavy atom. The Bertz CT molecular complexity index is 1510. The van der Waals surface area contributed by atoms with Crippen LogP contribution in [0.1, 0.15) is 38.1 Å². The van der Waals surface area contributed by atoms with E-state index in [9.17, 15) is 36.3 Å². The lowest BCUT2D eigenvalue weighted by Crippen LogP contribution is -2.61. The molecule has 8 nitrogen and oxygen atoms in total. The Hall–Kier alpha value is -4.68. The van der Waals surface area contributed by atoms with Crippen LogP contribution in [0.25, 0.3) is 0 Å². The maximum Gasteiger partial charge on any atom is 0.573 e. The summed E-state index contributed by atoms with van der Waals surface area (Å²) in [5, 5.41) is 5.25. The predicted octanol–water partition coefficient (Wildman–Crippen LogP) is 5.45. The zero-order chi connectivity index (χ0) is 31.7. The molecule has 43 heavy (non-hydrogen) atoms. The van der Waals surface area contributed by atoms with Crippen LogP contribution in [-0.2, 0) is 9.59 Å². The number of hydrogen-bond acceptors (Lipinski definition) is 5. The maximum absolute atomic E-state index is 14.5. The van der Waals surface area contributed by atoms with Crippen molar-refractivity contribution < 1.29 is 41.1 Å². The average molecular weight is 605 g/mol. The number of ether oxygens (including phenoxy) is 1. The molecule has 1 heterocycles. The number of anilines is 3. The second-order valence-corrected chi connectivity index (χ2v) is 10.7. The standard InChI is InChI=1S/C30H29F5N4O4/c1-17(2)39-25-15-20(32)9-14-24(25)38(21-10-12-22(13-11-21)43-30(33,34)35)16-23(27(39)41)36-28(42)29(3,4)37-26(40)18-5-7-19(31)8-6-18/h5-15,17,23H,16H2,1-4H3,(H,36,42)(H,37,40)/t23-/m1/s1. The van der Waals surface area contributed by atoms with Gasteiger partial charge in [-0.25, -0.2) is 8.78 Å². The third-order valence-electron chi connectivity index (χ3n) is 6.69. The van der Waals surface area contributed by atoms with Gasteiger partial charge < -0.3 is 25.2 Å². The van der Waals surface area contributed by atoms with E-state index in [-0.39, 0.29) is 17.8 Å². The minimum atomic E-state index is -4.90. The molecule has 0 radical (unpaired) electrons. The summed E-state index contributed by atoms with van der Waals surface area (Å²) in [6.45, 7) is 6.07. The van der Waals surface area contributed by atoms with Crippen molar-refractivity contribution in [2.45, 2.75) is 51.7 Å². The molecule has 2 N–H and O–H groups in total. The summed E-state index contributed by atoms with van der Waals surface area (Å²) in [5.74, 6) is -3.58. The van der Waals surface area contributed by atoms with Gasteiger partial charge in [0.2, 0.25) is 5.91 Å². The maximum atomic E-state index is 14.5. The number of fused-ring (bicyclic) bond motifs is 1. The molecule has 0 saturated heterocycles. The van der Waals surface area contributed by atoms with E-state index in [1.54, 1.807) is 18.7 Å². The number of carbonyl (C=O) groups is 3. The van der Waals surface area contributed by atoms with Gasteiger partial charge in [-0.15, -0.1) is 13.2 Å². The highest BCUT2D eigenvalue weighted by Crippen LogP contribution is 2.39. The molecular weight excluding hydrogens is 575 g/mol. The Morgan fingerprint density at radius 1 is 0.907 bits per heavy atom. The molecule has 13 heteroatoms. The number of hydrogen-bond donors (Lipinski definition) is 2. The number of benzene rings is 3. The molecule has 0 aliphatic carbocycles. The van der Waals surface area contributed by atoms with E-state index < -0.39 is 59.1 Å². The van der Waals surface area contributed by atoms with Gasteiger partial charge in [-0.2, -0.15) is 0 Å². The summed E-state index contributed by atoms with van der Waals surface area (Å²) in [7, 11) is 0. The van der Waals surface area contributed by atoms with Gasteiger partial charge >= 0.3 is 6.36 Å². The van der Waals surface area contributed by atoms with Crippen LogP contribution >= 0.6 is 0 Å². The van der Waals surface area contributed by atoms with Gasteiger partial charge in [-0.3, -0.25) is 14.4 Å². The number of halogens is 5. The summed E-state index contributed by atoms with van der Waals surface area (Å²) in [5.41, 5.74) is -0.532. The average Bonchev–Trinajstić information content (AvgIpc) is 3.02. The molecule has 0 bridgehead atoms. The number of rotatable bonds is 7. The predicted molar refractivity (Wildman–Crippen MR) is 149 cm³/mol. The fraction of sp³-hybridized carbons (Fsp3) is 0.300. The number of nitrogens with one attached hydrogen (secondary N) is 2. The van der Waals surface area contributed by atoms with Crippen molar-refractivity contribution in [3.63, 3.8) is 0 Å². The lowest BCUT2D eigenvalue weighted by molar-refractivity contribution is -0.274. The molecule has 0 fully saturated rings. The molecule has 1 atom stereocenters. The molecule has 3 aromatic rings. The quantitative estimate of drug-likeness (QED) is 0.350. The molecule has 1 aliphatic heterocycles. The van der Waals surface area contributed by atoms with Gasteiger partial charge in [-0.05, 0) is 94.4 Å². The molecule has 0 saturated carbocycles. The molecule has 228 valence electrons. The van der Waals surface area contributed by atoms with E-state index in [2.05, 4.69) is 15.4 Å². The lowest BCUT2D eigenvalue weighted by Gasteiger charge is -2.31. The van der Waals surface area contributed by atoms with Crippen molar-refractivity contribution >= 4 is 34.8 Å². The summed E-state index contributed by atoms with van der Waals surface area (Å²) in [6.07, 6.45) is -4.90. The SMILES string of the molecule is CC(C)N1C(=O)[C@H](NC(=O)C(C)(C)NC(=O)c2ccc(F)cc2)CN(c2ccc(OC(F)(F)F)cc2)c2ccc(F)cc21. The topological polar surface area (TPSA) is 91.0 Å². The second-order valence-electron chi connectivity index (χ2n) is 10.7. The number of nitrogens with zero attached hydrogens (tertiary/aromatic N) is 2. The summed E-state index contributed by atoms with van der Waals surface area (Å²) >= 11 is 0. The molecule has 4 rings (SSSR count). The van der Waals surface area contributed by atoms with Gasteiger partial charge in [0.15, 0.2) is 0 Å². The summed E-state index contributed by atoms with van der Waals surface area (Å²) < 4.78 is 69.9. The van der Waals surface area contributed by atoms with Gasteiger partial charge in [0, 0.05) is 17.3 Å². The third kappa shape index (κ3) is 7.22. The highest BCUT2D eigenvalue weighted by molar-refractivity contribution is 6.06. The van der Waals surface area contributed by atoms with Crippen molar-refractivity contribution in [3.05, 3.63) is 83.9 Å². The lowest BCUT2D eigenvalue weighted by atomic mass is 10.0. The van der Waals surface area contributed by atoms with Crippen LogP contribution in [0.5, 0.6) is 5.75 Å². The Labute approximate surface area is 244 Å². The van der Waals surface area contributed by atoms with E-state index in [0.29, 0.717) is 11.4 Å². The fourth-order valence-corrected chi connectivity index (χ4v) is 4.63. The molecule has 3 amide bonds. The minimum Gasteiger partial charge on any atom is -0.406 e. The third-order valence-corrected chi connectivity index (χ3v) is 6.69. The highest BCUT2D eigenvalue weighted by atomic mass is 19.4. The number of alkyl halides is 3. The molecular formula is C30H29F5N4O4. The van der Waals surface area contributed by atoms with Crippen LogP contribution in [0.2, 0.25) is 0 Å². The van der Waals surface area contributed by atoms with E-state index in [0.717, 1.165) is 24.3 Å². The first-order chi connectivity index (χ1) is 20.1. The zero-order valence-corrected chi connectivity index (χ0v) is 23.6. The Balaban J connectivity index is 1.67. The monoisotopic (exact) mass is 604 g/mol. The minimum absolute atomic E-state index is 0.111. The van der Waals surface area contributed by atoms with Crippen molar-refractivity contribution in [1.29, 1.82) is 0 Å².